The van der Waals surface area contributed by atoms with Crippen molar-refractivity contribution in [3.05, 3.63) is 75.3 Å². The molecule has 2 atom stereocenters. The quantitative estimate of drug-likeness (QED) is 0.694. The highest BCUT2D eigenvalue weighted by Gasteiger charge is 2.29. The van der Waals surface area contributed by atoms with E-state index in [-0.39, 0.29) is 23.6 Å². The van der Waals surface area contributed by atoms with Gasteiger partial charge in [-0.25, -0.2) is 0 Å². The molecular weight excluding hydrogens is 306 g/mol. The van der Waals surface area contributed by atoms with Gasteiger partial charge in [-0.15, -0.1) is 0 Å². The van der Waals surface area contributed by atoms with Crippen molar-refractivity contribution in [3.8, 4) is 6.07 Å². The molecule has 0 saturated heterocycles. The van der Waals surface area contributed by atoms with E-state index < -0.39 is 4.92 Å². The minimum Gasteiger partial charge on any atom is -0.348 e. The topological polar surface area (TPSA) is 96.0 Å². The third kappa shape index (κ3) is 3.10. The number of carbonyl (C=O) groups excluding carboxylic acids is 1. The Bertz CT molecular complexity index is 824. The van der Waals surface area contributed by atoms with Crippen molar-refractivity contribution in [1.82, 2.24) is 5.32 Å². The molecule has 0 bridgehead atoms. The average Bonchev–Trinajstić information content (AvgIpc) is 2.61. The van der Waals surface area contributed by atoms with Crippen LogP contribution in [0.3, 0.4) is 0 Å². The van der Waals surface area contributed by atoms with E-state index in [9.17, 15) is 20.2 Å². The largest absolute Gasteiger partial charge is 0.348 e. The molecule has 2 aromatic carbocycles. The van der Waals surface area contributed by atoms with E-state index in [2.05, 4.69) is 11.4 Å². The monoisotopic (exact) mass is 321 g/mol. The van der Waals surface area contributed by atoms with E-state index in [1.54, 1.807) is 0 Å². The highest BCUT2D eigenvalue weighted by Crippen LogP contribution is 2.25. The third-order valence-corrected chi connectivity index (χ3v) is 4.31. The molecule has 0 aliphatic heterocycles. The maximum absolute atomic E-state index is 12.4. The van der Waals surface area contributed by atoms with Gasteiger partial charge in [0.15, 0.2) is 0 Å². The third-order valence-electron chi connectivity index (χ3n) is 4.31. The van der Waals surface area contributed by atoms with Gasteiger partial charge in [-0.3, -0.25) is 14.9 Å². The van der Waals surface area contributed by atoms with Crippen LogP contribution in [-0.2, 0) is 12.8 Å². The number of carbonyl (C=O) groups is 1. The van der Waals surface area contributed by atoms with E-state index in [0.29, 0.717) is 18.4 Å². The molecule has 6 heteroatoms. The molecule has 1 aliphatic carbocycles. The fourth-order valence-corrected chi connectivity index (χ4v) is 2.99. The molecule has 0 saturated carbocycles. The first kappa shape index (κ1) is 15.7. The number of nitriles is 1. The van der Waals surface area contributed by atoms with Crippen LogP contribution in [0, 0.1) is 27.4 Å². The molecule has 1 aliphatic rings. The number of nitrogens with zero attached hydrogens (tertiary/aromatic N) is 2. The minimum atomic E-state index is -0.508. The number of amides is 1. The summed E-state index contributed by atoms with van der Waals surface area (Å²) in [6, 6.07) is 15.4. The zero-order valence-electron chi connectivity index (χ0n) is 12.8. The molecule has 1 amide bonds. The molecule has 0 fully saturated rings. The normalized spacial score (nSPS) is 19.0. The lowest BCUT2D eigenvalue weighted by molar-refractivity contribution is -0.384. The molecule has 120 valence electrons. The maximum Gasteiger partial charge on any atom is 0.269 e. The van der Waals surface area contributed by atoms with Crippen LogP contribution >= 0.6 is 0 Å². The Morgan fingerprint density at radius 2 is 1.75 bits per heavy atom. The summed E-state index contributed by atoms with van der Waals surface area (Å²) < 4.78 is 0. The van der Waals surface area contributed by atoms with Gasteiger partial charge in [0.2, 0.25) is 0 Å². The number of nitrogens with one attached hydrogen (secondary N) is 1. The van der Waals surface area contributed by atoms with Crippen molar-refractivity contribution in [2.24, 2.45) is 5.92 Å². The van der Waals surface area contributed by atoms with E-state index in [0.717, 1.165) is 11.1 Å². The Morgan fingerprint density at radius 1 is 1.12 bits per heavy atom. The second kappa shape index (κ2) is 6.50. The number of hydrogen-bond donors (Lipinski definition) is 1. The lowest BCUT2D eigenvalue weighted by atomic mass is 9.81. The summed E-state index contributed by atoms with van der Waals surface area (Å²) in [5.74, 6) is -0.614. The molecule has 0 heterocycles. The summed E-state index contributed by atoms with van der Waals surface area (Å²) in [6.07, 6.45) is 1.21. The zero-order valence-corrected chi connectivity index (χ0v) is 12.8. The van der Waals surface area contributed by atoms with Gasteiger partial charge in [-0.2, -0.15) is 5.26 Å². The van der Waals surface area contributed by atoms with Crippen LogP contribution in [0.5, 0.6) is 0 Å². The van der Waals surface area contributed by atoms with Crippen LogP contribution in [0.15, 0.2) is 48.5 Å². The van der Waals surface area contributed by atoms with E-state index in [1.165, 1.54) is 24.3 Å². The van der Waals surface area contributed by atoms with Gasteiger partial charge < -0.3 is 5.32 Å². The first-order chi connectivity index (χ1) is 11.6. The number of fused-ring (bicyclic) bond motifs is 1. The second-order valence-corrected chi connectivity index (χ2v) is 5.80. The van der Waals surface area contributed by atoms with Crippen LogP contribution in [-0.4, -0.2) is 16.9 Å². The number of benzene rings is 2. The standard InChI is InChI=1S/C18H15N3O3/c19-11-15-9-13-3-1-2-4-14(13)10-17(15)20-18(22)12-5-7-16(8-6-12)21(23)24/h1-8,15,17H,9-10H2,(H,20,22)/t15-,17+/m0/s1. The van der Waals surface area contributed by atoms with E-state index >= 15 is 0 Å². The molecule has 0 spiro atoms. The Balaban J connectivity index is 1.76. The number of nitro benzene ring substituents is 1. The maximum atomic E-state index is 12.4. The summed E-state index contributed by atoms with van der Waals surface area (Å²) in [4.78, 5) is 22.5. The van der Waals surface area contributed by atoms with Crippen LogP contribution < -0.4 is 5.32 Å². The molecule has 1 N–H and O–H groups in total. The average molecular weight is 321 g/mol. The molecule has 6 nitrogen and oxygen atoms in total. The van der Waals surface area contributed by atoms with Crippen molar-refractivity contribution in [1.29, 1.82) is 5.26 Å². The van der Waals surface area contributed by atoms with Crippen molar-refractivity contribution in [3.63, 3.8) is 0 Å². The van der Waals surface area contributed by atoms with Gasteiger partial charge in [-0.1, -0.05) is 24.3 Å². The molecular formula is C18H15N3O3. The molecule has 0 radical (unpaired) electrons. The highest BCUT2D eigenvalue weighted by atomic mass is 16.6. The number of rotatable bonds is 3. The van der Waals surface area contributed by atoms with Crippen molar-refractivity contribution in [2.45, 2.75) is 18.9 Å². The Hall–Kier alpha value is -3.20. The molecule has 3 rings (SSSR count). The SMILES string of the molecule is N#C[C@@H]1Cc2ccccc2C[C@H]1NC(=O)c1ccc([N+](=O)[O-])cc1. The van der Waals surface area contributed by atoms with Gasteiger partial charge in [0.05, 0.1) is 16.9 Å². The van der Waals surface area contributed by atoms with Gasteiger partial charge in [0.25, 0.3) is 11.6 Å². The predicted molar refractivity (Wildman–Crippen MR) is 87.3 cm³/mol. The molecule has 2 aromatic rings. The summed E-state index contributed by atoms with van der Waals surface area (Å²) in [6.45, 7) is 0. The predicted octanol–water partition coefficient (Wildman–Crippen LogP) is 2.63. The first-order valence-corrected chi connectivity index (χ1v) is 7.60. The molecule has 0 aromatic heterocycles. The second-order valence-electron chi connectivity index (χ2n) is 5.80. The smallest absolute Gasteiger partial charge is 0.269 e. The molecule has 24 heavy (non-hydrogen) atoms. The Kier molecular flexibility index (Phi) is 4.25. The van der Waals surface area contributed by atoms with Crippen molar-refractivity contribution >= 4 is 11.6 Å². The lowest BCUT2D eigenvalue weighted by Gasteiger charge is -2.29. The van der Waals surface area contributed by atoms with Gasteiger partial charge in [0, 0.05) is 23.7 Å². The van der Waals surface area contributed by atoms with Crippen LogP contribution in [0.4, 0.5) is 5.69 Å². The summed E-state index contributed by atoms with van der Waals surface area (Å²) >= 11 is 0. The summed E-state index contributed by atoms with van der Waals surface area (Å²) in [5.41, 5.74) is 2.56. The molecule has 0 unspecified atom stereocenters. The highest BCUT2D eigenvalue weighted by molar-refractivity contribution is 5.94. The summed E-state index contributed by atoms with van der Waals surface area (Å²) in [5, 5.41) is 23.0. The van der Waals surface area contributed by atoms with E-state index in [1.807, 2.05) is 24.3 Å². The lowest BCUT2D eigenvalue weighted by Crippen LogP contribution is -2.44. The number of non-ortho nitro benzene ring substituents is 1. The van der Waals surface area contributed by atoms with Gasteiger partial charge in [0.1, 0.15) is 0 Å². The minimum absolute atomic E-state index is 0.0620. The fraction of sp³-hybridized carbons (Fsp3) is 0.222. The van der Waals surface area contributed by atoms with Crippen LogP contribution in [0.1, 0.15) is 21.5 Å². The first-order valence-electron chi connectivity index (χ1n) is 7.60. The van der Waals surface area contributed by atoms with Crippen molar-refractivity contribution in [2.75, 3.05) is 0 Å². The van der Waals surface area contributed by atoms with Crippen LogP contribution in [0.25, 0.3) is 0 Å². The Labute approximate surface area is 138 Å². The van der Waals surface area contributed by atoms with Crippen molar-refractivity contribution < 1.29 is 9.72 Å². The summed E-state index contributed by atoms with van der Waals surface area (Å²) in [7, 11) is 0. The van der Waals surface area contributed by atoms with E-state index in [4.69, 9.17) is 0 Å². The van der Waals surface area contributed by atoms with Crippen LogP contribution in [0.2, 0.25) is 0 Å². The fourth-order valence-electron chi connectivity index (χ4n) is 2.99. The zero-order chi connectivity index (χ0) is 17.1. The van der Waals surface area contributed by atoms with Gasteiger partial charge in [-0.05, 0) is 36.1 Å². The number of hydrogen-bond acceptors (Lipinski definition) is 4. The number of nitro groups is 1. The Morgan fingerprint density at radius 3 is 2.33 bits per heavy atom. The van der Waals surface area contributed by atoms with Gasteiger partial charge >= 0.3 is 0 Å².